The number of Topliss-reactive ketones (excluding diaryl/α,β-unsaturated/α-hetero) is 1. The SMILES string of the molecule is CN1COCN(C(C=CC=Cc2ccccc2)C(=O)C(C=CC=Cc2ccccc2)N2COCN(C)C2=N[N+](=O)[O-])C1=N[N+](=O)[O-]. The highest BCUT2D eigenvalue weighted by atomic mass is 16.7. The molecule has 0 aromatic heterocycles. The van der Waals surface area contributed by atoms with Crippen LogP contribution in [0, 0.1) is 20.2 Å². The zero-order valence-electron chi connectivity index (χ0n) is 25.3. The van der Waals surface area contributed by atoms with E-state index < -0.39 is 27.9 Å². The van der Waals surface area contributed by atoms with E-state index in [2.05, 4.69) is 10.2 Å². The minimum atomic E-state index is -1.17. The second-order valence-electron chi connectivity index (χ2n) is 10.1. The number of carbonyl (C=O) groups excluding carboxylic acids is 1. The van der Waals surface area contributed by atoms with Gasteiger partial charge < -0.3 is 29.1 Å². The number of hydrogen-bond acceptors (Lipinski definition) is 7. The van der Waals surface area contributed by atoms with Crippen LogP contribution >= 0.6 is 0 Å². The van der Waals surface area contributed by atoms with Crippen molar-refractivity contribution in [3.05, 3.63) is 128 Å². The van der Waals surface area contributed by atoms with Crippen molar-refractivity contribution in [2.75, 3.05) is 41.0 Å². The molecule has 2 unspecified atom stereocenters. The van der Waals surface area contributed by atoms with E-state index in [4.69, 9.17) is 9.47 Å². The first-order valence-corrected chi connectivity index (χ1v) is 14.1. The topological polar surface area (TPSA) is 159 Å². The average Bonchev–Trinajstić information content (AvgIpc) is 3.04. The fourth-order valence-corrected chi connectivity index (χ4v) is 4.72. The number of guanidine groups is 2. The Kier molecular flexibility index (Phi) is 11.9. The van der Waals surface area contributed by atoms with Crippen LogP contribution in [0.25, 0.3) is 12.2 Å². The van der Waals surface area contributed by atoms with Gasteiger partial charge in [-0.2, -0.15) is 0 Å². The van der Waals surface area contributed by atoms with Gasteiger partial charge in [-0.15, -0.1) is 0 Å². The molecule has 0 spiro atoms. The Bertz CT molecular complexity index is 1430. The van der Waals surface area contributed by atoms with Crippen molar-refractivity contribution in [3.8, 4) is 0 Å². The molecule has 2 aliphatic rings. The van der Waals surface area contributed by atoms with Gasteiger partial charge in [0.2, 0.25) is 0 Å². The van der Waals surface area contributed by atoms with Gasteiger partial charge in [0.25, 0.3) is 11.9 Å². The third kappa shape index (κ3) is 9.17. The van der Waals surface area contributed by atoms with Gasteiger partial charge in [-0.1, -0.05) is 109 Å². The Morgan fingerprint density at radius 3 is 1.46 bits per heavy atom. The number of nitrogens with zero attached hydrogens (tertiary/aromatic N) is 8. The number of carbonyl (C=O) groups is 1. The van der Waals surface area contributed by atoms with E-state index in [-0.39, 0.29) is 38.8 Å². The fourth-order valence-electron chi connectivity index (χ4n) is 4.72. The first kappa shape index (κ1) is 33.2. The number of ether oxygens (including phenoxy) is 2. The number of hydrazone groups is 2. The molecule has 0 radical (unpaired) electrons. The summed E-state index contributed by atoms with van der Waals surface area (Å²) in [4.78, 5) is 43.2. The Balaban J connectivity index is 1.78. The van der Waals surface area contributed by atoms with Crippen molar-refractivity contribution in [1.29, 1.82) is 0 Å². The van der Waals surface area contributed by atoms with Crippen LogP contribution in [-0.2, 0) is 14.3 Å². The van der Waals surface area contributed by atoms with Gasteiger partial charge in [-0.25, -0.2) is 20.2 Å². The van der Waals surface area contributed by atoms with Gasteiger partial charge in [0, 0.05) is 14.1 Å². The van der Waals surface area contributed by atoms with Crippen LogP contribution in [0.4, 0.5) is 0 Å². The predicted octanol–water partition coefficient (Wildman–Crippen LogP) is 3.29. The van der Waals surface area contributed by atoms with E-state index >= 15 is 0 Å². The lowest BCUT2D eigenvalue weighted by molar-refractivity contribution is -0.486. The Hall–Kier alpha value is -5.67. The molecule has 46 heavy (non-hydrogen) atoms. The van der Waals surface area contributed by atoms with Gasteiger partial charge in [-0.3, -0.25) is 4.79 Å². The maximum absolute atomic E-state index is 14.6. The summed E-state index contributed by atoms with van der Waals surface area (Å²) in [6.07, 6.45) is 13.6. The highest BCUT2D eigenvalue weighted by molar-refractivity contribution is 5.98. The molecule has 15 nitrogen and oxygen atoms in total. The molecule has 2 aliphatic heterocycles. The normalized spacial score (nSPS) is 19.3. The van der Waals surface area contributed by atoms with Crippen LogP contribution in [0.15, 0.2) is 107 Å². The summed E-state index contributed by atoms with van der Waals surface area (Å²) >= 11 is 0. The lowest BCUT2D eigenvalue weighted by Crippen LogP contribution is -2.61. The second-order valence-corrected chi connectivity index (χ2v) is 10.1. The number of rotatable bonds is 12. The molecular weight excluding hydrogens is 596 g/mol. The summed E-state index contributed by atoms with van der Waals surface area (Å²) < 4.78 is 11.3. The molecule has 0 N–H and O–H groups in total. The summed E-state index contributed by atoms with van der Waals surface area (Å²) in [5.74, 6) is -0.688. The van der Waals surface area contributed by atoms with Crippen LogP contribution < -0.4 is 0 Å². The minimum Gasteiger partial charge on any atom is -0.341 e. The summed E-state index contributed by atoms with van der Waals surface area (Å²) in [5.41, 5.74) is 1.85. The molecule has 0 bridgehead atoms. The second kappa shape index (κ2) is 16.4. The maximum Gasteiger partial charge on any atom is 0.278 e. The molecular formula is C31H34N8O7. The highest BCUT2D eigenvalue weighted by Crippen LogP contribution is 2.20. The Morgan fingerprint density at radius 2 is 1.09 bits per heavy atom. The average molecular weight is 631 g/mol. The van der Waals surface area contributed by atoms with Gasteiger partial charge in [0.1, 0.15) is 49.2 Å². The number of hydrogen-bond donors (Lipinski definition) is 0. The third-order valence-electron chi connectivity index (χ3n) is 6.81. The van der Waals surface area contributed by atoms with E-state index in [9.17, 15) is 25.0 Å². The lowest BCUT2D eigenvalue weighted by atomic mass is 10.0. The molecule has 0 amide bonds. The van der Waals surface area contributed by atoms with E-state index in [0.29, 0.717) is 0 Å². The monoisotopic (exact) mass is 630 g/mol. The lowest BCUT2D eigenvalue weighted by Gasteiger charge is -2.42. The van der Waals surface area contributed by atoms with Crippen molar-refractivity contribution < 1.29 is 24.3 Å². The number of ketones is 1. The largest absolute Gasteiger partial charge is 0.341 e. The molecule has 15 heteroatoms. The van der Waals surface area contributed by atoms with Crippen LogP contribution in [0.1, 0.15) is 11.1 Å². The summed E-state index contributed by atoms with van der Waals surface area (Å²) in [7, 11) is 3.10. The van der Waals surface area contributed by atoms with Gasteiger partial charge in [-0.05, 0) is 11.1 Å². The van der Waals surface area contributed by atoms with Crippen molar-refractivity contribution in [1.82, 2.24) is 19.6 Å². The number of benzene rings is 2. The van der Waals surface area contributed by atoms with E-state index in [1.54, 1.807) is 50.6 Å². The molecule has 2 aromatic rings. The minimum absolute atomic E-state index is 0.0136. The molecule has 2 aromatic carbocycles. The number of nitro groups is 2. The van der Waals surface area contributed by atoms with Crippen LogP contribution in [0.3, 0.4) is 0 Å². The summed E-state index contributed by atoms with van der Waals surface area (Å²) in [5, 5.41) is 28.4. The van der Waals surface area contributed by atoms with Gasteiger partial charge in [0.05, 0.1) is 0 Å². The third-order valence-corrected chi connectivity index (χ3v) is 6.81. The van der Waals surface area contributed by atoms with E-state index in [1.807, 2.05) is 72.8 Å². The molecule has 4 rings (SSSR count). The van der Waals surface area contributed by atoms with Crippen molar-refractivity contribution in [2.24, 2.45) is 10.2 Å². The van der Waals surface area contributed by atoms with E-state index in [0.717, 1.165) is 11.1 Å². The van der Waals surface area contributed by atoms with Crippen LogP contribution in [-0.4, -0.2) is 100 Å². The van der Waals surface area contributed by atoms with Gasteiger partial charge >= 0.3 is 0 Å². The van der Waals surface area contributed by atoms with Crippen LogP contribution in [0.2, 0.25) is 0 Å². The van der Waals surface area contributed by atoms with Gasteiger partial charge in [0.15, 0.2) is 15.8 Å². The first-order chi connectivity index (χ1) is 22.2. The maximum atomic E-state index is 14.6. The summed E-state index contributed by atoms with van der Waals surface area (Å²) in [6.45, 7) is -0.340. The Morgan fingerprint density at radius 1 is 0.696 bits per heavy atom. The van der Waals surface area contributed by atoms with E-state index in [1.165, 1.54) is 19.6 Å². The standard InChI is InChI=1S/C31H34N8O7/c1-34-21-45-23-36(30(34)32-38(41)42)27(19-11-9-17-25-13-5-3-6-14-25)29(40)28(20-12-10-18-26-15-7-4-8-16-26)37-24-46-22-35(2)31(37)33-39(43)44/h3-20,27-28H,21-24H2,1-2H3. The van der Waals surface area contributed by atoms with Crippen molar-refractivity contribution in [2.45, 2.75) is 12.1 Å². The Labute approximate surface area is 265 Å². The summed E-state index contributed by atoms with van der Waals surface area (Å²) in [6, 6.07) is 16.7. The zero-order valence-corrected chi connectivity index (χ0v) is 25.3. The molecule has 2 atom stereocenters. The molecule has 0 aliphatic carbocycles. The first-order valence-electron chi connectivity index (χ1n) is 14.1. The zero-order chi connectivity index (χ0) is 32.9. The molecule has 2 fully saturated rings. The molecule has 240 valence electrons. The van der Waals surface area contributed by atoms with Crippen molar-refractivity contribution >= 4 is 29.9 Å². The number of allylic oxidation sites excluding steroid dienone is 4. The highest BCUT2D eigenvalue weighted by Gasteiger charge is 2.40. The predicted molar refractivity (Wildman–Crippen MR) is 172 cm³/mol. The molecule has 2 saturated heterocycles. The fraction of sp³-hybridized carbons (Fsp3) is 0.258. The molecule has 0 saturated carbocycles. The van der Waals surface area contributed by atoms with Crippen molar-refractivity contribution in [3.63, 3.8) is 0 Å². The van der Waals surface area contributed by atoms with Crippen LogP contribution in [0.5, 0.6) is 0 Å². The smallest absolute Gasteiger partial charge is 0.278 e. The molecule has 2 heterocycles. The quantitative estimate of drug-likeness (QED) is 0.192.